The van der Waals surface area contributed by atoms with E-state index >= 15 is 0 Å². The lowest BCUT2D eigenvalue weighted by Gasteiger charge is -2.31. The van der Waals surface area contributed by atoms with Gasteiger partial charge in [0.2, 0.25) is 5.90 Å². The van der Waals surface area contributed by atoms with Crippen molar-refractivity contribution in [3.8, 4) is 5.75 Å². The number of nitrogens with one attached hydrogen (secondary N) is 2. The first kappa shape index (κ1) is 27.8. The molecule has 3 aromatic rings. The lowest BCUT2D eigenvalue weighted by atomic mass is 9.82. The molecule has 0 unspecified atom stereocenters. The Bertz CT molecular complexity index is 1330. The van der Waals surface area contributed by atoms with Crippen molar-refractivity contribution in [2.45, 2.75) is 37.3 Å². The normalized spacial score (nSPS) is 20.3. The number of ether oxygens (including phenoxy) is 2. The Morgan fingerprint density at radius 3 is 2.44 bits per heavy atom. The second kappa shape index (κ2) is 12.6. The largest absolute Gasteiger partial charge is 0.494 e. The molecule has 0 radical (unpaired) electrons. The van der Waals surface area contributed by atoms with Crippen LogP contribution in [0.2, 0.25) is 0 Å². The Kier molecular flexibility index (Phi) is 9.02. The van der Waals surface area contributed by atoms with Crippen LogP contribution in [-0.4, -0.2) is 42.2 Å². The van der Waals surface area contributed by atoms with E-state index in [2.05, 4.69) is 42.7 Å². The minimum Gasteiger partial charge on any atom is -0.494 e. The summed E-state index contributed by atoms with van der Waals surface area (Å²) in [7, 11) is 0. The average Bonchev–Trinajstić information content (AvgIpc) is 3.69. The van der Waals surface area contributed by atoms with Gasteiger partial charge in [-0.15, -0.1) is 0 Å². The van der Waals surface area contributed by atoms with Crippen LogP contribution in [0.25, 0.3) is 0 Å². The van der Waals surface area contributed by atoms with Gasteiger partial charge in [-0.1, -0.05) is 68.3 Å². The molecule has 1 fully saturated rings. The van der Waals surface area contributed by atoms with Gasteiger partial charge < -0.3 is 14.6 Å². The van der Waals surface area contributed by atoms with Crippen LogP contribution in [0.5, 0.6) is 5.75 Å². The average molecular weight is 657 g/mol. The van der Waals surface area contributed by atoms with E-state index in [9.17, 15) is 4.79 Å². The molecule has 2 atom stereocenters. The minimum absolute atomic E-state index is 0.0797. The highest BCUT2D eigenvalue weighted by atomic mass is 79.9. The molecule has 0 spiro atoms. The minimum atomic E-state index is -1.28. The third kappa shape index (κ3) is 6.54. The predicted octanol–water partition coefficient (Wildman–Crippen LogP) is 5.50. The zero-order valence-corrected chi connectivity index (χ0v) is 24.6. The van der Waals surface area contributed by atoms with Gasteiger partial charge in [-0.25, -0.2) is 10.4 Å². The van der Waals surface area contributed by atoms with E-state index in [4.69, 9.17) is 19.6 Å². The molecule has 1 aliphatic heterocycles. The molecule has 0 saturated heterocycles. The molecule has 39 heavy (non-hydrogen) atoms. The molecule has 1 heterocycles. The van der Waals surface area contributed by atoms with Gasteiger partial charge in [0.05, 0.1) is 6.61 Å². The van der Waals surface area contributed by atoms with Gasteiger partial charge >= 0.3 is 0 Å². The van der Waals surface area contributed by atoms with Crippen molar-refractivity contribution >= 4 is 43.7 Å². The number of aliphatic hydroxyl groups excluding tert-OH is 1. The molecule has 1 amide bonds. The van der Waals surface area contributed by atoms with E-state index < -0.39 is 11.6 Å². The smallest absolute Gasteiger partial charge is 0.266 e. The van der Waals surface area contributed by atoms with Crippen LogP contribution in [0.1, 0.15) is 42.1 Å². The molecule has 3 aromatic carbocycles. The maximum atomic E-state index is 14.1. The van der Waals surface area contributed by atoms with Gasteiger partial charge in [0, 0.05) is 46.1 Å². The Hall–Kier alpha value is -2.72. The molecule has 2 aliphatic rings. The van der Waals surface area contributed by atoms with Crippen LogP contribution < -0.4 is 15.6 Å². The summed E-state index contributed by atoms with van der Waals surface area (Å²) in [6, 6.07) is 23.1. The molecule has 9 heteroatoms. The van der Waals surface area contributed by atoms with E-state index in [0.29, 0.717) is 37.0 Å². The summed E-state index contributed by atoms with van der Waals surface area (Å²) in [6.07, 6.45) is 2.56. The highest BCUT2D eigenvalue weighted by molar-refractivity contribution is 9.10. The summed E-state index contributed by atoms with van der Waals surface area (Å²) >= 11 is 7.35. The number of carbonyl (C=O) groups excluding carboxylic acids is 1. The molecule has 204 valence electrons. The van der Waals surface area contributed by atoms with Crippen molar-refractivity contribution in [1.82, 2.24) is 10.9 Å². The fourth-order valence-corrected chi connectivity index (χ4v) is 5.50. The Morgan fingerprint density at radius 1 is 1.03 bits per heavy atom. The molecule has 1 aliphatic carbocycles. The first-order valence-corrected chi connectivity index (χ1v) is 14.7. The Labute approximate surface area is 245 Å². The highest BCUT2D eigenvalue weighted by Crippen LogP contribution is 2.45. The van der Waals surface area contributed by atoms with Crippen LogP contribution in [0.4, 0.5) is 0 Å². The van der Waals surface area contributed by atoms with Crippen molar-refractivity contribution in [1.29, 1.82) is 0 Å². The summed E-state index contributed by atoms with van der Waals surface area (Å²) in [5, 5.41) is 9.02. The Balaban J connectivity index is 1.54. The molecule has 7 nitrogen and oxygen atoms in total. The number of hydrogen-bond donors (Lipinski definition) is 3. The monoisotopic (exact) mass is 655 g/mol. The summed E-state index contributed by atoms with van der Waals surface area (Å²) in [5.74, 6) is 1.43. The maximum absolute atomic E-state index is 14.1. The number of halogens is 2. The van der Waals surface area contributed by atoms with Gasteiger partial charge in [-0.3, -0.25) is 10.2 Å². The van der Waals surface area contributed by atoms with Gasteiger partial charge in [-0.2, -0.15) is 0 Å². The molecule has 1 saturated carbocycles. The second-order valence-electron chi connectivity index (χ2n) is 9.86. The van der Waals surface area contributed by atoms with Gasteiger partial charge in [0.25, 0.3) is 5.91 Å². The molecule has 5 rings (SSSR count). The number of nitrogens with zero attached hydrogens (tertiary/aromatic N) is 1. The van der Waals surface area contributed by atoms with Crippen molar-refractivity contribution in [2.75, 3.05) is 19.8 Å². The number of rotatable bonds is 12. The highest BCUT2D eigenvalue weighted by Gasteiger charge is 2.54. The van der Waals surface area contributed by atoms with Crippen molar-refractivity contribution in [3.63, 3.8) is 0 Å². The standard InChI is InChI=1S/C30H31Br2N3O4/c31-25-8-3-1-6-22(25)18-30(29(37)35-33-19-20-10-11-20)27(24-7-2-4-9-26(24)32)39-28(34-30)21-12-14-23(15-13-21)38-17-5-16-36/h1-4,6-9,12-15,20,27,33,36H,5,10-11,16-19H2,(H,35,37)/t27-,30-/m0/s1. The number of benzene rings is 3. The lowest BCUT2D eigenvalue weighted by Crippen LogP contribution is -2.54. The number of carbonyl (C=O) groups is 1. The van der Waals surface area contributed by atoms with E-state index in [1.807, 2.05) is 72.8 Å². The van der Waals surface area contributed by atoms with Gasteiger partial charge in [0.1, 0.15) is 5.75 Å². The number of aliphatic imine (C=N–C) groups is 1. The van der Waals surface area contributed by atoms with Gasteiger partial charge in [0.15, 0.2) is 11.6 Å². The summed E-state index contributed by atoms with van der Waals surface area (Å²) in [4.78, 5) is 19.2. The molecular weight excluding hydrogens is 626 g/mol. The van der Waals surface area contributed by atoms with E-state index in [0.717, 1.165) is 32.2 Å². The zero-order chi connectivity index (χ0) is 27.2. The number of aliphatic hydroxyl groups is 1. The molecule has 0 aromatic heterocycles. The van der Waals surface area contributed by atoms with Gasteiger partial charge in [-0.05, 0) is 60.7 Å². The Morgan fingerprint density at radius 2 is 1.74 bits per heavy atom. The lowest BCUT2D eigenvalue weighted by molar-refractivity contribution is -0.130. The summed E-state index contributed by atoms with van der Waals surface area (Å²) in [6.45, 7) is 1.24. The third-order valence-electron chi connectivity index (χ3n) is 6.92. The van der Waals surface area contributed by atoms with Crippen molar-refractivity contribution < 1.29 is 19.4 Å². The number of hydrogen-bond acceptors (Lipinski definition) is 6. The SMILES string of the molecule is O=C(NNCC1CC1)[C@@]1(Cc2ccccc2Br)N=C(c2ccc(OCCCO)cc2)O[C@H]1c1ccccc1Br. The van der Waals surface area contributed by atoms with Crippen LogP contribution in [0.15, 0.2) is 86.7 Å². The number of hydrazine groups is 1. The van der Waals surface area contributed by atoms with Crippen LogP contribution >= 0.6 is 31.9 Å². The molecular formula is C30H31Br2N3O4. The topological polar surface area (TPSA) is 92.2 Å². The van der Waals surface area contributed by atoms with Crippen LogP contribution in [0.3, 0.4) is 0 Å². The third-order valence-corrected chi connectivity index (χ3v) is 8.42. The second-order valence-corrected chi connectivity index (χ2v) is 11.6. The van der Waals surface area contributed by atoms with E-state index in [1.54, 1.807) is 0 Å². The van der Waals surface area contributed by atoms with Crippen LogP contribution in [0, 0.1) is 5.92 Å². The van der Waals surface area contributed by atoms with Crippen LogP contribution in [-0.2, 0) is 16.0 Å². The van der Waals surface area contributed by atoms with E-state index in [-0.39, 0.29) is 12.5 Å². The maximum Gasteiger partial charge on any atom is 0.266 e. The number of amides is 1. The van der Waals surface area contributed by atoms with Crippen molar-refractivity contribution in [3.05, 3.63) is 98.4 Å². The fourth-order valence-electron chi connectivity index (χ4n) is 4.58. The van der Waals surface area contributed by atoms with Crippen molar-refractivity contribution in [2.24, 2.45) is 10.9 Å². The molecule has 0 bridgehead atoms. The summed E-state index contributed by atoms with van der Waals surface area (Å²) < 4.78 is 14.0. The predicted molar refractivity (Wildman–Crippen MR) is 158 cm³/mol. The zero-order valence-electron chi connectivity index (χ0n) is 21.4. The van der Waals surface area contributed by atoms with E-state index in [1.165, 1.54) is 12.8 Å². The summed E-state index contributed by atoms with van der Waals surface area (Å²) in [5.41, 5.74) is 7.35. The quantitative estimate of drug-likeness (QED) is 0.177. The first-order valence-electron chi connectivity index (χ1n) is 13.1. The molecule has 3 N–H and O–H groups in total. The fraction of sp³-hybridized carbons (Fsp3) is 0.333. The first-order chi connectivity index (χ1) is 19.0.